The minimum Gasteiger partial charge on any atom is -0.350 e. The Morgan fingerprint density at radius 3 is 2.89 bits per heavy atom. The molecule has 0 aliphatic rings. The Balaban J connectivity index is 2.29. The number of hydrogen-bond donors (Lipinski definition) is 1. The van der Waals surface area contributed by atoms with Gasteiger partial charge in [-0.1, -0.05) is 12.1 Å². The highest BCUT2D eigenvalue weighted by molar-refractivity contribution is 6.06. The van der Waals surface area contributed by atoms with Crippen molar-refractivity contribution in [1.82, 2.24) is 19.9 Å². The predicted molar refractivity (Wildman–Crippen MR) is 73.1 cm³/mol. The molecule has 0 bridgehead atoms. The molecule has 2 heterocycles. The van der Waals surface area contributed by atoms with E-state index >= 15 is 0 Å². The summed E-state index contributed by atoms with van der Waals surface area (Å²) in [5.41, 5.74) is 2.21. The molecule has 5 heteroatoms. The van der Waals surface area contributed by atoms with E-state index in [9.17, 15) is 4.79 Å². The maximum atomic E-state index is 12.3. The van der Waals surface area contributed by atoms with Crippen LogP contribution in [0.3, 0.4) is 0 Å². The maximum Gasteiger partial charge on any atom is 0.253 e. The van der Waals surface area contributed by atoms with Gasteiger partial charge in [-0.05, 0) is 37.4 Å². The molecule has 3 rings (SSSR count). The molecule has 3 aromatic rings. The number of amides is 1. The van der Waals surface area contributed by atoms with Gasteiger partial charge in [-0.25, -0.2) is 0 Å². The largest absolute Gasteiger partial charge is 0.350 e. The van der Waals surface area contributed by atoms with Crippen molar-refractivity contribution in [2.75, 3.05) is 0 Å². The van der Waals surface area contributed by atoms with Crippen LogP contribution < -0.4 is 5.32 Å². The first-order chi connectivity index (χ1) is 9.16. The maximum absolute atomic E-state index is 12.3. The predicted octanol–water partition coefficient (Wildman–Crippen LogP) is 2.02. The second kappa shape index (κ2) is 4.35. The van der Waals surface area contributed by atoms with Crippen LogP contribution >= 0.6 is 0 Å². The van der Waals surface area contributed by atoms with Gasteiger partial charge in [0, 0.05) is 6.04 Å². The molecule has 0 fully saturated rings. The summed E-state index contributed by atoms with van der Waals surface area (Å²) in [5, 5.41) is 11.8. The molecule has 0 saturated heterocycles. The van der Waals surface area contributed by atoms with Crippen molar-refractivity contribution < 1.29 is 4.79 Å². The van der Waals surface area contributed by atoms with Crippen LogP contribution in [-0.2, 0) is 0 Å². The average molecular weight is 254 g/mol. The lowest BCUT2D eigenvalue weighted by molar-refractivity contribution is 0.0944. The quantitative estimate of drug-likeness (QED) is 0.761. The number of nitrogens with one attached hydrogen (secondary N) is 1. The number of carbonyl (C=O) groups is 1. The van der Waals surface area contributed by atoms with Gasteiger partial charge < -0.3 is 5.32 Å². The van der Waals surface area contributed by atoms with E-state index in [1.165, 1.54) is 0 Å². The van der Waals surface area contributed by atoms with Gasteiger partial charge >= 0.3 is 0 Å². The molecule has 0 radical (unpaired) electrons. The molecular weight excluding hydrogens is 240 g/mol. The minimum absolute atomic E-state index is 0.0817. The molecular formula is C14H14N4O. The zero-order valence-electron chi connectivity index (χ0n) is 10.8. The van der Waals surface area contributed by atoms with Crippen LogP contribution in [0.1, 0.15) is 24.2 Å². The normalized spacial score (nSPS) is 11.3. The third-order valence-electron chi connectivity index (χ3n) is 2.96. The van der Waals surface area contributed by atoms with Gasteiger partial charge in [0.15, 0.2) is 5.65 Å². The second-order valence-corrected chi connectivity index (χ2v) is 4.76. The SMILES string of the molecule is CC(C)NC(=O)c1cccc2ccc3nncn3c12. The summed E-state index contributed by atoms with van der Waals surface area (Å²) in [6.07, 6.45) is 1.63. The van der Waals surface area contributed by atoms with Gasteiger partial charge in [0.2, 0.25) is 0 Å². The van der Waals surface area contributed by atoms with Crippen molar-refractivity contribution in [2.24, 2.45) is 0 Å². The number of para-hydroxylation sites is 1. The van der Waals surface area contributed by atoms with Gasteiger partial charge in [0.25, 0.3) is 5.91 Å². The summed E-state index contributed by atoms with van der Waals surface area (Å²) in [5.74, 6) is -0.0817. The molecule has 0 aliphatic heterocycles. The smallest absolute Gasteiger partial charge is 0.253 e. The zero-order valence-corrected chi connectivity index (χ0v) is 10.8. The minimum atomic E-state index is -0.0817. The first-order valence-corrected chi connectivity index (χ1v) is 6.19. The summed E-state index contributed by atoms with van der Waals surface area (Å²) < 4.78 is 1.84. The van der Waals surface area contributed by atoms with E-state index < -0.39 is 0 Å². The molecule has 2 aromatic heterocycles. The fraction of sp³-hybridized carbons (Fsp3) is 0.214. The van der Waals surface area contributed by atoms with E-state index in [1.807, 2.05) is 48.6 Å². The first-order valence-electron chi connectivity index (χ1n) is 6.19. The third-order valence-corrected chi connectivity index (χ3v) is 2.96. The standard InChI is InChI=1S/C14H14N4O/c1-9(2)16-14(19)11-5-3-4-10-6-7-12-17-15-8-18(12)13(10)11/h3-9H,1-2H3,(H,16,19). The van der Waals surface area contributed by atoms with E-state index in [4.69, 9.17) is 0 Å². The highest BCUT2D eigenvalue weighted by Crippen LogP contribution is 2.20. The molecule has 0 spiro atoms. The first kappa shape index (κ1) is 11.6. The Hall–Kier alpha value is -2.43. The molecule has 0 unspecified atom stereocenters. The highest BCUT2D eigenvalue weighted by atomic mass is 16.1. The molecule has 0 aliphatic carbocycles. The van der Waals surface area contributed by atoms with Gasteiger partial charge in [-0.15, -0.1) is 10.2 Å². The van der Waals surface area contributed by atoms with E-state index in [-0.39, 0.29) is 11.9 Å². The summed E-state index contributed by atoms with van der Waals surface area (Å²) in [4.78, 5) is 12.3. The molecule has 0 atom stereocenters. The fourth-order valence-electron chi connectivity index (χ4n) is 2.18. The van der Waals surface area contributed by atoms with E-state index in [0.29, 0.717) is 5.56 Å². The zero-order chi connectivity index (χ0) is 13.4. The third kappa shape index (κ3) is 1.93. The Morgan fingerprint density at radius 1 is 1.26 bits per heavy atom. The number of aromatic nitrogens is 3. The number of nitrogens with zero attached hydrogens (tertiary/aromatic N) is 3. The highest BCUT2D eigenvalue weighted by Gasteiger charge is 2.13. The van der Waals surface area contributed by atoms with Gasteiger partial charge in [-0.2, -0.15) is 0 Å². The van der Waals surface area contributed by atoms with Gasteiger partial charge in [-0.3, -0.25) is 9.20 Å². The summed E-state index contributed by atoms with van der Waals surface area (Å²) in [6.45, 7) is 3.88. The van der Waals surface area contributed by atoms with Crippen LogP contribution in [0.2, 0.25) is 0 Å². The number of carbonyl (C=O) groups excluding carboxylic acids is 1. The fourth-order valence-corrected chi connectivity index (χ4v) is 2.18. The second-order valence-electron chi connectivity index (χ2n) is 4.76. The number of fused-ring (bicyclic) bond motifs is 3. The Bertz CT molecular complexity index is 760. The van der Waals surface area contributed by atoms with Crippen molar-refractivity contribution in [3.63, 3.8) is 0 Å². The molecule has 0 saturated carbocycles. The lowest BCUT2D eigenvalue weighted by Crippen LogP contribution is -2.30. The average Bonchev–Trinajstić information content (AvgIpc) is 2.85. The summed E-state index contributed by atoms with van der Waals surface area (Å²) in [6, 6.07) is 9.61. The lowest BCUT2D eigenvalue weighted by Gasteiger charge is -2.11. The number of benzene rings is 1. The van der Waals surface area contributed by atoms with Crippen LogP contribution in [0.25, 0.3) is 16.6 Å². The summed E-state index contributed by atoms with van der Waals surface area (Å²) >= 11 is 0. The van der Waals surface area contributed by atoms with Crippen molar-refractivity contribution in [3.05, 3.63) is 42.2 Å². The van der Waals surface area contributed by atoms with E-state index in [2.05, 4.69) is 15.5 Å². The topological polar surface area (TPSA) is 59.3 Å². The van der Waals surface area contributed by atoms with Crippen molar-refractivity contribution in [1.29, 1.82) is 0 Å². The Labute approximate surface area is 110 Å². The molecule has 96 valence electrons. The van der Waals surface area contributed by atoms with Crippen molar-refractivity contribution in [2.45, 2.75) is 19.9 Å². The van der Waals surface area contributed by atoms with Crippen molar-refractivity contribution in [3.8, 4) is 0 Å². The lowest BCUT2D eigenvalue weighted by atomic mass is 10.1. The van der Waals surface area contributed by atoms with E-state index in [0.717, 1.165) is 16.6 Å². The van der Waals surface area contributed by atoms with Crippen LogP contribution in [-0.4, -0.2) is 26.5 Å². The number of rotatable bonds is 2. The van der Waals surface area contributed by atoms with Gasteiger partial charge in [0.05, 0.1) is 11.1 Å². The molecule has 1 N–H and O–H groups in total. The molecule has 1 aromatic carbocycles. The van der Waals surface area contributed by atoms with Crippen LogP contribution in [0.5, 0.6) is 0 Å². The number of hydrogen-bond acceptors (Lipinski definition) is 3. The van der Waals surface area contributed by atoms with Crippen LogP contribution in [0.4, 0.5) is 0 Å². The van der Waals surface area contributed by atoms with Gasteiger partial charge in [0.1, 0.15) is 6.33 Å². The Kier molecular flexibility index (Phi) is 2.67. The van der Waals surface area contributed by atoms with Crippen LogP contribution in [0.15, 0.2) is 36.7 Å². The van der Waals surface area contributed by atoms with E-state index in [1.54, 1.807) is 6.33 Å². The monoisotopic (exact) mass is 254 g/mol. The van der Waals surface area contributed by atoms with Crippen molar-refractivity contribution >= 4 is 22.5 Å². The Morgan fingerprint density at radius 2 is 2.11 bits per heavy atom. The molecule has 5 nitrogen and oxygen atoms in total. The van der Waals surface area contributed by atoms with Crippen LogP contribution in [0, 0.1) is 0 Å². The molecule has 1 amide bonds. The summed E-state index contributed by atoms with van der Waals surface area (Å²) in [7, 11) is 0. The molecule has 19 heavy (non-hydrogen) atoms. The number of pyridine rings is 1.